The van der Waals surface area contributed by atoms with Gasteiger partial charge in [0.15, 0.2) is 11.3 Å². The summed E-state index contributed by atoms with van der Waals surface area (Å²) in [4.78, 5) is 24.6. The molecule has 0 bridgehead atoms. The van der Waals surface area contributed by atoms with Gasteiger partial charge in [-0.2, -0.15) is 10.5 Å². The zero-order valence-corrected chi connectivity index (χ0v) is 32.0. The molecule has 0 atom stereocenters. The summed E-state index contributed by atoms with van der Waals surface area (Å²) in [5.74, 6) is -0.907. The van der Waals surface area contributed by atoms with Crippen LogP contribution in [0, 0.1) is 22.7 Å². The van der Waals surface area contributed by atoms with Gasteiger partial charge in [0.1, 0.15) is 35.5 Å². The Hall–Kier alpha value is -6.41. The number of thioether (sulfide) groups is 1. The van der Waals surface area contributed by atoms with Gasteiger partial charge in [-0.05, 0) is 98.5 Å². The number of carboxylic acids is 2. The maximum absolute atomic E-state index is 12.0. The van der Waals surface area contributed by atoms with E-state index in [-0.39, 0.29) is 16.1 Å². The summed E-state index contributed by atoms with van der Waals surface area (Å²) in [6.45, 7) is 4.28. The Morgan fingerprint density at radius 2 is 1.67 bits per heavy atom. The molecule has 11 nitrogen and oxygen atoms in total. The Morgan fingerprint density at radius 1 is 0.982 bits per heavy atom. The van der Waals surface area contributed by atoms with Gasteiger partial charge >= 0.3 is 11.9 Å². The third-order valence-corrected chi connectivity index (χ3v) is 11.1. The molecule has 0 radical (unpaired) electrons. The molecule has 3 heterocycles. The van der Waals surface area contributed by atoms with E-state index in [1.54, 1.807) is 20.1 Å². The van der Waals surface area contributed by atoms with Crippen molar-refractivity contribution in [1.29, 1.82) is 10.5 Å². The molecule has 0 saturated heterocycles. The topological polar surface area (TPSA) is 164 Å². The lowest BCUT2D eigenvalue weighted by Crippen LogP contribution is -2.17. The number of benzene rings is 3. The normalized spacial score (nSPS) is 14.3. The highest BCUT2D eigenvalue weighted by molar-refractivity contribution is 8.07. The number of hydrogen-bond donors (Lipinski definition) is 2. The van der Waals surface area contributed by atoms with Crippen LogP contribution in [0.1, 0.15) is 37.0 Å². The molecule has 2 N–H and O–H groups in total. The van der Waals surface area contributed by atoms with E-state index in [2.05, 4.69) is 10.6 Å². The number of thiophene rings is 1. The minimum absolute atomic E-state index is 0.281. The lowest BCUT2D eigenvalue weighted by molar-refractivity contribution is -0.132. The van der Waals surface area contributed by atoms with Crippen molar-refractivity contribution in [3.8, 4) is 29.3 Å². The van der Waals surface area contributed by atoms with Crippen LogP contribution >= 0.6 is 23.1 Å². The monoisotopic (exact) mass is 773 g/mol. The molecule has 1 aliphatic heterocycles. The molecule has 278 valence electrons. The Morgan fingerprint density at radius 3 is 2.27 bits per heavy atom. The van der Waals surface area contributed by atoms with Crippen molar-refractivity contribution >= 4 is 74.6 Å². The number of rotatable bonds is 12. The number of carboxylic acid groups (broad SMARTS) is 2. The molecule has 0 amide bonds. The third kappa shape index (κ3) is 7.80. The second-order valence-electron chi connectivity index (χ2n) is 12.2. The molecule has 13 heteroatoms. The molecule has 0 fully saturated rings. The number of methoxy groups -OCH3 is 2. The van der Waals surface area contributed by atoms with Gasteiger partial charge in [0.25, 0.3) is 0 Å². The van der Waals surface area contributed by atoms with Crippen LogP contribution in [-0.4, -0.2) is 54.2 Å². The van der Waals surface area contributed by atoms with Gasteiger partial charge in [-0.15, -0.1) is 11.3 Å². The highest BCUT2D eigenvalue weighted by atomic mass is 32.2. The zero-order valence-electron chi connectivity index (χ0n) is 30.3. The second-order valence-corrected chi connectivity index (χ2v) is 14.5. The van der Waals surface area contributed by atoms with E-state index in [0.717, 1.165) is 72.6 Å². The smallest absolute Gasteiger partial charge is 0.347 e. The SMILES string of the molecule is CCO/C=C(OC)/C(=C/c1ccc2c(c1)c1cc(/C=c3\s/c(=C(\C#N)C(=O)O)c4c3OCCC4)ccc1n2-c1ccc(OC)cc1)S/C(C)=C(\C#N)C(=O)O. The average Bonchev–Trinajstić information content (AvgIpc) is 3.70. The lowest BCUT2D eigenvalue weighted by Gasteiger charge is -2.13. The van der Waals surface area contributed by atoms with E-state index in [4.69, 9.17) is 18.9 Å². The van der Waals surface area contributed by atoms with Crippen molar-refractivity contribution in [3.63, 3.8) is 0 Å². The Balaban J connectivity index is 1.60. The Labute approximate surface area is 324 Å². The highest BCUT2D eigenvalue weighted by Crippen LogP contribution is 2.38. The van der Waals surface area contributed by atoms with Crippen LogP contribution in [0.5, 0.6) is 11.5 Å². The molecule has 0 aliphatic carbocycles. The summed E-state index contributed by atoms with van der Waals surface area (Å²) in [5, 5.41) is 40.4. The summed E-state index contributed by atoms with van der Waals surface area (Å²) in [5.41, 5.74) is 4.45. The number of allylic oxidation sites excluding steroid dienone is 1. The molecule has 55 heavy (non-hydrogen) atoms. The van der Waals surface area contributed by atoms with Crippen LogP contribution in [0.3, 0.4) is 0 Å². The Kier molecular flexibility index (Phi) is 11.7. The molecule has 0 unspecified atom stereocenters. The molecule has 1 aliphatic rings. The fourth-order valence-electron chi connectivity index (χ4n) is 6.33. The van der Waals surface area contributed by atoms with Crippen molar-refractivity contribution in [2.45, 2.75) is 26.7 Å². The van der Waals surface area contributed by atoms with Crippen molar-refractivity contribution in [1.82, 2.24) is 4.57 Å². The van der Waals surface area contributed by atoms with Gasteiger partial charge in [-0.25, -0.2) is 9.59 Å². The minimum Gasteiger partial charge on any atom is -0.498 e. The number of nitrogens with zero attached hydrogens (tertiary/aromatic N) is 3. The number of aliphatic carboxylic acids is 2. The molecular formula is C42H35N3O8S2. The summed E-state index contributed by atoms with van der Waals surface area (Å²) < 4.78 is 26.0. The number of nitriles is 2. The second kappa shape index (κ2) is 16.7. The average molecular weight is 774 g/mol. The summed E-state index contributed by atoms with van der Waals surface area (Å²) in [6.07, 6.45) is 6.61. The number of fused-ring (bicyclic) bond motifs is 4. The first-order valence-corrected chi connectivity index (χ1v) is 18.7. The fourth-order valence-corrected chi connectivity index (χ4v) is 8.57. The molecule has 6 rings (SSSR count). The zero-order chi connectivity index (χ0) is 39.2. The molecule has 0 saturated carbocycles. The van der Waals surface area contributed by atoms with Crippen LogP contribution in [0.15, 0.2) is 88.1 Å². The third-order valence-electron chi connectivity index (χ3n) is 8.85. The quantitative estimate of drug-likeness (QED) is 0.0568. The van der Waals surface area contributed by atoms with Crippen molar-refractivity contribution in [2.24, 2.45) is 0 Å². The van der Waals surface area contributed by atoms with Gasteiger partial charge in [-0.1, -0.05) is 23.9 Å². The van der Waals surface area contributed by atoms with E-state index < -0.39 is 11.9 Å². The molecule has 3 aromatic carbocycles. The minimum atomic E-state index is -1.32. The summed E-state index contributed by atoms with van der Waals surface area (Å²) in [6, 6.07) is 23.5. The number of hydrogen-bond acceptors (Lipinski definition) is 10. The van der Waals surface area contributed by atoms with Gasteiger partial charge < -0.3 is 33.7 Å². The van der Waals surface area contributed by atoms with Crippen LogP contribution < -0.4 is 18.5 Å². The maximum Gasteiger partial charge on any atom is 0.347 e. The van der Waals surface area contributed by atoms with Crippen molar-refractivity contribution in [2.75, 3.05) is 27.4 Å². The molecule has 0 spiro atoms. The Bertz CT molecular complexity index is 2650. The number of carbonyl (C=O) groups is 2. The van der Waals surface area contributed by atoms with Crippen LogP contribution in [-0.2, 0) is 25.5 Å². The van der Waals surface area contributed by atoms with Crippen molar-refractivity contribution < 1.29 is 38.7 Å². The summed E-state index contributed by atoms with van der Waals surface area (Å²) >= 11 is 2.33. The van der Waals surface area contributed by atoms with Gasteiger partial charge in [0, 0.05) is 26.9 Å². The first kappa shape index (κ1) is 38.3. The van der Waals surface area contributed by atoms with Gasteiger partial charge in [-0.3, -0.25) is 0 Å². The van der Waals surface area contributed by atoms with Crippen LogP contribution in [0.4, 0.5) is 0 Å². The van der Waals surface area contributed by atoms with E-state index in [0.29, 0.717) is 40.6 Å². The first-order valence-electron chi connectivity index (χ1n) is 17.1. The standard InChI is InChI=1S/C42H35N3O8S2/c1-5-52-23-36(51-4)37(54-24(2)32(21-43)41(46)47)19-25-8-14-34-30(17-25)31-18-26(9-15-35(31)45(34)27-10-12-28(50-3)13-11-27)20-38-39-29(7-6-16-53-39)40(55-38)33(22-44)42(48)49/h8-15,17-20,23H,5-7,16H2,1-4H3,(H,46,47)(H,48,49)/b32-24+,36-23-,37-19-,38-20-,40-33+. The molecule has 5 aromatic rings. The molecular weight excluding hydrogens is 739 g/mol. The fraction of sp³-hybridized carbons (Fsp3) is 0.190. The lowest BCUT2D eigenvalue weighted by atomic mass is 10.1. The predicted octanol–water partition coefficient (Wildman–Crippen LogP) is 7.25. The largest absolute Gasteiger partial charge is 0.498 e. The predicted molar refractivity (Wildman–Crippen MR) is 213 cm³/mol. The van der Waals surface area contributed by atoms with Gasteiger partial charge in [0.05, 0.1) is 52.4 Å². The van der Waals surface area contributed by atoms with E-state index in [1.165, 1.54) is 24.7 Å². The molecule has 2 aromatic heterocycles. The number of aromatic nitrogens is 1. The maximum atomic E-state index is 12.0. The van der Waals surface area contributed by atoms with Crippen LogP contribution in [0.2, 0.25) is 0 Å². The van der Waals surface area contributed by atoms with Crippen molar-refractivity contribution in [3.05, 3.63) is 114 Å². The van der Waals surface area contributed by atoms with E-state index in [9.17, 15) is 30.3 Å². The highest BCUT2D eigenvalue weighted by Gasteiger charge is 2.22. The van der Waals surface area contributed by atoms with Gasteiger partial charge in [0.2, 0.25) is 0 Å². The summed E-state index contributed by atoms with van der Waals surface area (Å²) in [7, 11) is 3.11. The van der Waals surface area contributed by atoms with Crippen LogP contribution in [0.25, 0.3) is 45.2 Å². The van der Waals surface area contributed by atoms with E-state index >= 15 is 0 Å². The number of ether oxygens (including phenoxy) is 4. The first-order chi connectivity index (χ1) is 26.6. The van der Waals surface area contributed by atoms with E-state index in [1.807, 2.05) is 79.7 Å².